The molecule has 12 nitrogen and oxygen atoms in total. The van der Waals surface area contributed by atoms with Crippen LogP contribution in [0.15, 0.2) is 23.3 Å². The van der Waals surface area contributed by atoms with E-state index in [2.05, 4.69) is 0 Å². The molecule has 58 heavy (non-hydrogen) atoms. The second-order valence-corrected chi connectivity index (χ2v) is 20.0. The van der Waals surface area contributed by atoms with Crippen LogP contribution in [0.5, 0.6) is 0 Å². The normalized spacial score (nSPS) is 43.0. The lowest BCUT2D eigenvalue weighted by Gasteiger charge is -2.34. The predicted molar refractivity (Wildman–Crippen MR) is 218 cm³/mol. The van der Waals surface area contributed by atoms with Gasteiger partial charge in [0.25, 0.3) is 0 Å². The third kappa shape index (κ3) is 11.3. The molecule has 4 heterocycles. The molecule has 0 bridgehead atoms. The van der Waals surface area contributed by atoms with Crippen molar-refractivity contribution >= 4 is 23.5 Å². The summed E-state index contributed by atoms with van der Waals surface area (Å²) in [5.41, 5.74) is -2.08. The van der Waals surface area contributed by atoms with Crippen molar-refractivity contribution in [2.24, 2.45) is 34.5 Å². The van der Waals surface area contributed by atoms with Gasteiger partial charge in [-0.05, 0) is 76.4 Å². The van der Waals surface area contributed by atoms with Crippen molar-refractivity contribution in [3.63, 3.8) is 0 Å². The molecule has 330 valence electrons. The quantitative estimate of drug-likeness (QED) is 0.145. The Morgan fingerprint density at radius 1 is 0.586 bits per heavy atom. The van der Waals surface area contributed by atoms with Gasteiger partial charge in [0.1, 0.15) is 23.8 Å². The van der Waals surface area contributed by atoms with Gasteiger partial charge >= 0.3 is 11.9 Å². The van der Waals surface area contributed by atoms with E-state index in [1.165, 1.54) is 0 Å². The number of cyclic esters (lactones) is 2. The van der Waals surface area contributed by atoms with Gasteiger partial charge in [-0.1, -0.05) is 80.4 Å². The maximum atomic E-state index is 13.5. The number of esters is 2. The molecule has 0 aromatic carbocycles. The molecule has 4 rings (SSSR count). The second-order valence-electron chi connectivity index (χ2n) is 20.0. The number of ketones is 2. The molecule has 0 aliphatic carbocycles. The third-order valence-corrected chi connectivity index (χ3v) is 14.4. The van der Waals surface area contributed by atoms with Crippen molar-refractivity contribution < 1.29 is 58.6 Å². The first kappa shape index (κ1) is 48.2. The first-order valence-electron chi connectivity index (χ1n) is 21.7. The van der Waals surface area contributed by atoms with Gasteiger partial charge < -0.3 is 39.4 Å². The highest BCUT2D eigenvalue weighted by Gasteiger charge is 2.54. The Morgan fingerprint density at radius 3 is 1.24 bits per heavy atom. The van der Waals surface area contributed by atoms with Crippen LogP contribution in [0.1, 0.15) is 147 Å². The smallest absolute Gasteiger partial charge is 0.309 e. The van der Waals surface area contributed by atoms with Gasteiger partial charge in [0, 0.05) is 24.7 Å². The number of fused-ring (bicyclic) bond motifs is 2. The number of hydrogen-bond acceptors (Lipinski definition) is 12. The van der Waals surface area contributed by atoms with Crippen molar-refractivity contribution in [2.75, 3.05) is 0 Å². The summed E-state index contributed by atoms with van der Waals surface area (Å²) >= 11 is 0. The average Bonchev–Trinajstić information content (AvgIpc) is 4.01. The fourth-order valence-corrected chi connectivity index (χ4v) is 9.07. The van der Waals surface area contributed by atoms with Gasteiger partial charge in [0.05, 0.1) is 71.5 Å². The van der Waals surface area contributed by atoms with Crippen molar-refractivity contribution in [3.8, 4) is 0 Å². The number of rotatable bonds is 3. The SMILES string of the molecule is C/C(=C\C=C(/C)[C@H]1C[C@@H]2O[C@]2(C)CCC[C@H](C)[C@H](O)[C@@H](C)C(=O)C(C)(C)[C@@H](O)CC(=O)O1)[C@@H]1C[C@@H]2O[C@]2(C)CCC[C@H](C)[C@H](O)[C@@H](C)C(=O)C(C)(C)[C@@H](O)CC(=O)O1. The molecule has 0 saturated carbocycles. The molecule has 0 spiro atoms. The first-order valence-corrected chi connectivity index (χ1v) is 21.7. The van der Waals surface area contributed by atoms with E-state index in [1.807, 2.05) is 53.7 Å². The third-order valence-electron chi connectivity index (χ3n) is 14.4. The predicted octanol–water partition coefficient (Wildman–Crippen LogP) is 6.12. The molecule has 4 N–H and O–H groups in total. The molecule has 4 aliphatic heterocycles. The second kappa shape index (κ2) is 18.6. The van der Waals surface area contributed by atoms with E-state index in [1.54, 1.807) is 41.5 Å². The molecule has 12 heteroatoms. The number of allylic oxidation sites excluding steroid dienone is 2. The summed E-state index contributed by atoms with van der Waals surface area (Å²) in [7, 11) is 0. The topological polar surface area (TPSA) is 193 Å². The highest BCUT2D eigenvalue weighted by atomic mass is 16.6. The minimum absolute atomic E-state index is 0.148. The summed E-state index contributed by atoms with van der Waals surface area (Å²) in [4.78, 5) is 54.0. The van der Waals surface area contributed by atoms with Crippen LogP contribution in [0.4, 0.5) is 0 Å². The van der Waals surface area contributed by atoms with Crippen LogP contribution in [-0.2, 0) is 38.1 Å². The van der Waals surface area contributed by atoms with Crippen LogP contribution in [0.25, 0.3) is 0 Å². The van der Waals surface area contributed by atoms with Crippen molar-refractivity contribution in [1.82, 2.24) is 0 Å². The van der Waals surface area contributed by atoms with Crippen LogP contribution in [0.2, 0.25) is 0 Å². The number of ether oxygens (including phenoxy) is 4. The zero-order chi connectivity index (χ0) is 43.7. The molecule has 4 saturated heterocycles. The van der Waals surface area contributed by atoms with Gasteiger partial charge in [-0.25, -0.2) is 0 Å². The van der Waals surface area contributed by atoms with Gasteiger partial charge in [-0.15, -0.1) is 0 Å². The molecule has 0 aromatic heterocycles. The molecule has 4 aliphatic rings. The molecule has 14 atom stereocenters. The lowest BCUT2D eigenvalue weighted by molar-refractivity contribution is -0.156. The number of hydrogen-bond donors (Lipinski definition) is 4. The summed E-state index contributed by atoms with van der Waals surface area (Å²) < 4.78 is 24.4. The summed E-state index contributed by atoms with van der Waals surface area (Å²) in [6.07, 6.45) is 1.72. The van der Waals surface area contributed by atoms with Crippen molar-refractivity contribution in [2.45, 2.75) is 207 Å². The Balaban J connectivity index is 1.58. The maximum absolute atomic E-state index is 13.5. The van der Waals surface area contributed by atoms with Gasteiger partial charge in [-0.2, -0.15) is 0 Å². The Bertz CT molecular complexity index is 1450. The fraction of sp³-hybridized carbons (Fsp3) is 0.826. The molecule has 0 unspecified atom stereocenters. The van der Waals surface area contributed by atoms with E-state index < -0.39 is 95.3 Å². The Morgan fingerprint density at radius 2 is 0.914 bits per heavy atom. The number of epoxide rings is 2. The standard InChI is InChI=1S/C46H74O12/c1-25(31-21-35-45(11,57-35)19-13-15-27(3)39(51)29(5)41(53)43(7,8)33(47)23-37(49)55-31)17-18-26(2)32-22-36-46(12,58-36)20-14-16-28(4)40(52)30(6)42(54)44(9,10)34(48)24-38(50)56-32/h17-18,27-36,39-40,47-48,51-52H,13-16,19-24H2,1-12H3/b25-17+,26-18+/t27-,28-,29+,30+,31-,32+,33-,34-,35-,36-,39-,40-,45+,46+/m0/s1. The van der Waals surface area contributed by atoms with Crippen LogP contribution < -0.4 is 0 Å². The van der Waals surface area contributed by atoms with Crippen molar-refractivity contribution in [1.29, 1.82) is 0 Å². The number of Topliss-reactive ketones (excluding diaryl/α,β-unsaturated/α-hetero) is 2. The van der Waals surface area contributed by atoms with Gasteiger partial charge in [0.2, 0.25) is 0 Å². The van der Waals surface area contributed by atoms with Crippen LogP contribution in [-0.4, -0.2) is 104 Å². The van der Waals surface area contributed by atoms with E-state index in [4.69, 9.17) is 18.9 Å². The molecule has 0 radical (unpaired) electrons. The first-order chi connectivity index (χ1) is 26.7. The van der Waals surface area contributed by atoms with E-state index in [0.29, 0.717) is 36.8 Å². The van der Waals surface area contributed by atoms with E-state index >= 15 is 0 Å². The molecular formula is C46H74O12. The summed E-state index contributed by atoms with van der Waals surface area (Å²) in [5.74, 6) is -3.73. The van der Waals surface area contributed by atoms with Crippen molar-refractivity contribution in [3.05, 3.63) is 23.3 Å². The van der Waals surface area contributed by atoms with E-state index in [-0.39, 0.29) is 35.6 Å². The average molecular weight is 819 g/mol. The zero-order valence-electron chi connectivity index (χ0n) is 37.2. The Hall–Kier alpha value is -2.48. The van der Waals surface area contributed by atoms with Crippen LogP contribution in [0, 0.1) is 34.5 Å². The minimum Gasteiger partial charge on any atom is -0.458 e. The lowest BCUT2D eigenvalue weighted by atomic mass is 9.73. The number of carbonyl (C=O) groups excluding carboxylic acids is 4. The number of aliphatic hydroxyl groups excluding tert-OH is 4. The molecule has 4 fully saturated rings. The molecule has 0 amide bonds. The maximum Gasteiger partial charge on any atom is 0.309 e. The highest BCUT2D eigenvalue weighted by molar-refractivity contribution is 5.88. The Kier molecular flexibility index (Phi) is 15.5. The number of carbonyl (C=O) groups is 4. The largest absolute Gasteiger partial charge is 0.458 e. The summed E-state index contributed by atoms with van der Waals surface area (Å²) in [5, 5.41) is 44.4. The van der Waals surface area contributed by atoms with Crippen LogP contribution >= 0.6 is 0 Å². The number of aliphatic hydroxyl groups is 4. The van der Waals surface area contributed by atoms with Crippen LogP contribution in [0.3, 0.4) is 0 Å². The molecule has 0 aromatic rings. The summed E-state index contributed by atoms with van der Waals surface area (Å²) in [6.45, 7) is 21.3. The summed E-state index contributed by atoms with van der Waals surface area (Å²) in [6, 6.07) is 0. The Labute approximate surface area is 346 Å². The van der Waals surface area contributed by atoms with E-state index in [0.717, 1.165) is 25.7 Å². The molecular weight excluding hydrogens is 744 g/mol. The van der Waals surface area contributed by atoms with Gasteiger partial charge in [0.15, 0.2) is 0 Å². The van der Waals surface area contributed by atoms with E-state index in [9.17, 15) is 39.6 Å². The lowest BCUT2D eigenvalue weighted by Crippen LogP contribution is -2.45. The zero-order valence-corrected chi connectivity index (χ0v) is 37.2. The van der Waals surface area contributed by atoms with Gasteiger partial charge in [-0.3, -0.25) is 19.2 Å². The fourth-order valence-electron chi connectivity index (χ4n) is 9.07. The monoisotopic (exact) mass is 819 g/mol. The highest BCUT2D eigenvalue weighted by Crippen LogP contribution is 2.46. The minimum atomic E-state index is -1.34.